The minimum Gasteiger partial charge on any atom is -0.469 e. The van der Waals surface area contributed by atoms with Crippen molar-refractivity contribution in [2.75, 3.05) is 7.11 Å². The maximum Gasteiger partial charge on any atom is 0.305 e. The van der Waals surface area contributed by atoms with Crippen LogP contribution in [0.4, 0.5) is 0 Å². The molecule has 2 aromatic heterocycles. The third-order valence-electron chi connectivity index (χ3n) is 5.79. The van der Waals surface area contributed by atoms with Gasteiger partial charge in [0.15, 0.2) is 0 Å². The van der Waals surface area contributed by atoms with E-state index in [4.69, 9.17) is 10.5 Å². The topological polar surface area (TPSA) is 101 Å². The molecule has 1 aromatic carbocycles. The second-order valence-electron chi connectivity index (χ2n) is 7.56. The van der Waals surface area contributed by atoms with Gasteiger partial charge in [-0.2, -0.15) is 0 Å². The van der Waals surface area contributed by atoms with Crippen LogP contribution in [-0.4, -0.2) is 32.9 Å². The van der Waals surface area contributed by atoms with Gasteiger partial charge < -0.3 is 15.0 Å². The van der Waals surface area contributed by atoms with E-state index in [1.54, 1.807) is 29.4 Å². The van der Waals surface area contributed by atoms with E-state index in [0.717, 1.165) is 0 Å². The predicted molar refractivity (Wildman–Crippen MR) is 123 cm³/mol. The fourth-order valence-electron chi connectivity index (χ4n) is 4.18. The molecule has 1 amide bonds. The fraction of sp³-hybridized carbons (Fsp3) is 0.292. The molecule has 0 fully saturated rings. The average Bonchev–Trinajstić information content (AvgIpc) is 3.16. The van der Waals surface area contributed by atoms with Crippen molar-refractivity contribution in [3.05, 3.63) is 76.0 Å². The Kier molecular flexibility index (Phi) is 6.53. The number of benzene rings is 1. The van der Waals surface area contributed by atoms with E-state index in [-0.39, 0.29) is 29.9 Å². The quantitative estimate of drug-likeness (QED) is 0.433. The lowest BCUT2D eigenvalue weighted by molar-refractivity contribution is -0.140. The second-order valence-corrected chi connectivity index (χ2v) is 7.56. The molecule has 0 atom stereocenters. The number of amides is 1. The van der Waals surface area contributed by atoms with Gasteiger partial charge >= 0.3 is 5.97 Å². The number of carbonyl (C=O) groups is 2. The summed E-state index contributed by atoms with van der Waals surface area (Å²) in [5.41, 5.74) is 9.32. The van der Waals surface area contributed by atoms with Gasteiger partial charge in [0, 0.05) is 36.2 Å². The lowest BCUT2D eigenvalue weighted by Crippen LogP contribution is -2.21. The number of nitrogens with zero attached hydrogens (tertiary/aromatic N) is 3. The molecule has 0 saturated heterocycles. The summed E-state index contributed by atoms with van der Waals surface area (Å²) in [6, 6.07) is 9.26. The third kappa shape index (κ3) is 3.79. The highest BCUT2D eigenvalue weighted by molar-refractivity contribution is 6.02. The Hall–Kier alpha value is -3.81. The van der Waals surface area contributed by atoms with Crippen LogP contribution in [0.15, 0.2) is 47.8 Å². The molecular weight excluding hydrogens is 408 g/mol. The van der Waals surface area contributed by atoms with E-state index in [9.17, 15) is 14.4 Å². The first kappa shape index (κ1) is 22.9. The highest BCUT2D eigenvalue weighted by atomic mass is 16.5. The predicted octanol–water partition coefficient (Wildman–Crippen LogP) is 2.65. The van der Waals surface area contributed by atoms with Crippen molar-refractivity contribution in [2.24, 2.45) is 12.8 Å². The zero-order valence-electron chi connectivity index (χ0n) is 18.8. The molecule has 0 aliphatic rings. The summed E-state index contributed by atoms with van der Waals surface area (Å²) >= 11 is 0. The number of hydrogen-bond donors (Lipinski definition) is 1. The minimum absolute atomic E-state index is 0.0983. The fourth-order valence-corrected chi connectivity index (χ4v) is 4.18. The number of methoxy groups -OCH3 is 1. The van der Waals surface area contributed by atoms with Gasteiger partial charge in [0.1, 0.15) is 0 Å². The number of para-hydroxylation sites is 1. The zero-order chi connectivity index (χ0) is 23.6. The Labute approximate surface area is 186 Å². The number of carbonyl (C=O) groups excluding carboxylic acids is 2. The Balaban J connectivity index is 2.38. The second kappa shape index (κ2) is 9.13. The largest absolute Gasteiger partial charge is 0.469 e. The maximum atomic E-state index is 13.7. The Morgan fingerprint density at radius 1 is 1.12 bits per heavy atom. The van der Waals surface area contributed by atoms with Crippen molar-refractivity contribution in [2.45, 2.75) is 33.2 Å². The van der Waals surface area contributed by atoms with Crippen molar-refractivity contribution >= 4 is 11.9 Å². The Morgan fingerprint density at radius 2 is 1.78 bits per heavy atom. The Bertz CT molecular complexity index is 1250. The summed E-state index contributed by atoms with van der Waals surface area (Å²) < 4.78 is 9.99. The summed E-state index contributed by atoms with van der Waals surface area (Å²) in [4.78, 5) is 38.1. The number of nitrogens with two attached hydrogens (primary N) is 1. The van der Waals surface area contributed by atoms with Crippen LogP contribution in [0.5, 0.6) is 0 Å². The molecule has 168 valence electrons. The molecule has 2 N–H and O–H groups in total. The first-order valence-electron chi connectivity index (χ1n) is 10.3. The first-order chi connectivity index (χ1) is 15.2. The molecule has 2 heterocycles. The van der Waals surface area contributed by atoms with Gasteiger partial charge in [-0.1, -0.05) is 24.3 Å². The van der Waals surface area contributed by atoms with Crippen LogP contribution in [0.1, 0.15) is 33.9 Å². The van der Waals surface area contributed by atoms with E-state index >= 15 is 0 Å². The smallest absolute Gasteiger partial charge is 0.305 e. The highest BCUT2D eigenvalue weighted by Gasteiger charge is 2.30. The van der Waals surface area contributed by atoms with E-state index in [0.29, 0.717) is 40.4 Å². The van der Waals surface area contributed by atoms with Crippen LogP contribution in [0.3, 0.4) is 0 Å². The van der Waals surface area contributed by atoms with Gasteiger partial charge in [0.25, 0.3) is 11.5 Å². The maximum absolute atomic E-state index is 13.7. The molecule has 8 heteroatoms. The number of rotatable bonds is 8. The molecule has 0 aliphatic carbocycles. The number of esters is 1. The van der Waals surface area contributed by atoms with E-state index in [2.05, 4.69) is 6.58 Å². The van der Waals surface area contributed by atoms with Crippen LogP contribution in [0.25, 0.3) is 16.8 Å². The normalized spacial score (nSPS) is 10.9. The van der Waals surface area contributed by atoms with Crippen molar-refractivity contribution < 1.29 is 14.3 Å². The van der Waals surface area contributed by atoms with E-state index in [1.807, 2.05) is 41.8 Å². The van der Waals surface area contributed by atoms with Gasteiger partial charge in [-0.25, -0.2) is 4.68 Å². The van der Waals surface area contributed by atoms with Crippen LogP contribution in [0.2, 0.25) is 0 Å². The molecule has 8 nitrogen and oxygen atoms in total. The summed E-state index contributed by atoms with van der Waals surface area (Å²) in [7, 11) is 3.12. The van der Waals surface area contributed by atoms with Crippen LogP contribution in [-0.2, 0) is 29.5 Å². The van der Waals surface area contributed by atoms with Crippen LogP contribution < -0.4 is 11.3 Å². The molecule has 3 rings (SSSR count). The monoisotopic (exact) mass is 436 g/mol. The summed E-state index contributed by atoms with van der Waals surface area (Å²) in [5, 5.41) is 0. The molecule has 3 aromatic rings. The van der Waals surface area contributed by atoms with Crippen LogP contribution in [0, 0.1) is 13.8 Å². The first-order valence-corrected chi connectivity index (χ1v) is 10.3. The van der Waals surface area contributed by atoms with Gasteiger partial charge in [0.05, 0.1) is 30.3 Å². The zero-order valence-corrected chi connectivity index (χ0v) is 18.8. The highest BCUT2D eigenvalue weighted by Crippen LogP contribution is 2.34. The number of aromatic nitrogens is 3. The van der Waals surface area contributed by atoms with Gasteiger partial charge in [-0.15, -0.1) is 6.58 Å². The van der Waals surface area contributed by atoms with Crippen molar-refractivity contribution in [3.63, 3.8) is 0 Å². The summed E-state index contributed by atoms with van der Waals surface area (Å²) in [6.07, 6.45) is 2.08. The number of allylic oxidation sites excluding steroid dienone is 1. The average molecular weight is 437 g/mol. The lowest BCUT2D eigenvalue weighted by atomic mass is 9.98. The summed E-state index contributed by atoms with van der Waals surface area (Å²) in [6.45, 7) is 7.81. The number of ether oxygens (including phenoxy) is 1. The van der Waals surface area contributed by atoms with E-state index < -0.39 is 5.91 Å². The van der Waals surface area contributed by atoms with Crippen molar-refractivity contribution in [3.8, 4) is 16.8 Å². The summed E-state index contributed by atoms with van der Waals surface area (Å²) in [5.74, 6) is -1.01. The molecule has 0 spiro atoms. The molecule has 0 bridgehead atoms. The Morgan fingerprint density at radius 3 is 2.34 bits per heavy atom. The molecule has 0 saturated carbocycles. The van der Waals surface area contributed by atoms with Crippen LogP contribution >= 0.6 is 0 Å². The molecule has 0 aliphatic heterocycles. The molecular formula is C24H28N4O4. The molecule has 32 heavy (non-hydrogen) atoms. The standard InChI is InChI=1S/C24H28N4O4/c1-6-14-27-16(3)20(23(25)30)22(18(27)12-13-19(29)32-5)21-15(2)26(4)28(24(21)31)17-10-8-7-9-11-17/h6-11H,1,12-14H2,2-5H3,(H2,25,30). The molecule has 0 unspecified atom stereocenters. The minimum atomic E-state index is -0.631. The number of hydrogen-bond acceptors (Lipinski definition) is 4. The van der Waals surface area contributed by atoms with Gasteiger partial charge in [-0.05, 0) is 32.4 Å². The van der Waals surface area contributed by atoms with Gasteiger partial charge in [-0.3, -0.25) is 19.1 Å². The SMILES string of the molecule is C=CCn1c(C)c(C(N)=O)c(-c2c(C)n(C)n(-c3ccccc3)c2=O)c1CCC(=O)OC. The third-order valence-corrected chi connectivity index (χ3v) is 5.79. The van der Waals surface area contributed by atoms with Gasteiger partial charge in [0.2, 0.25) is 0 Å². The number of primary amides is 1. The van der Waals surface area contributed by atoms with E-state index in [1.165, 1.54) is 7.11 Å². The van der Waals surface area contributed by atoms with Crippen molar-refractivity contribution in [1.82, 2.24) is 13.9 Å². The molecule has 0 radical (unpaired) electrons. The lowest BCUT2D eigenvalue weighted by Gasteiger charge is -2.10. The van der Waals surface area contributed by atoms with Crippen molar-refractivity contribution in [1.29, 1.82) is 0 Å².